The Labute approximate surface area is 122 Å². The van der Waals surface area contributed by atoms with Crippen LogP contribution >= 0.6 is 21.6 Å². The van der Waals surface area contributed by atoms with Gasteiger partial charge in [0.1, 0.15) is 0 Å². The molecular formula is C14H32N2S2. The zero-order chi connectivity index (χ0) is 13.3. The first-order valence-electron chi connectivity index (χ1n) is 7.56. The maximum absolute atomic E-state index is 5.47. The van der Waals surface area contributed by atoms with Crippen molar-refractivity contribution in [3.05, 3.63) is 0 Å². The minimum Gasteiger partial charge on any atom is -0.330 e. The highest BCUT2D eigenvalue weighted by Gasteiger charge is 1.94. The van der Waals surface area contributed by atoms with Gasteiger partial charge < -0.3 is 11.5 Å². The van der Waals surface area contributed by atoms with Gasteiger partial charge in [-0.25, -0.2) is 0 Å². The van der Waals surface area contributed by atoms with E-state index in [1.165, 1.54) is 70.0 Å². The summed E-state index contributed by atoms with van der Waals surface area (Å²) in [5.74, 6) is 2.39. The Morgan fingerprint density at radius 1 is 0.444 bits per heavy atom. The molecule has 18 heavy (non-hydrogen) atoms. The van der Waals surface area contributed by atoms with E-state index in [4.69, 9.17) is 11.5 Å². The smallest absolute Gasteiger partial charge is 0.0160 e. The highest BCUT2D eigenvalue weighted by atomic mass is 33.1. The second-order valence-corrected chi connectivity index (χ2v) is 7.46. The summed E-state index contributed by atoms with van der Waals surface area (Å²) < 4.78 is 0. The third-order valence-corrected chi connectivity index (χ3v) is 5.49. The molecule has 0 saturated carbocycles. The lowest BCUT2D eigenvalue weighted by Crippen LogP contribution is -1.99. The predicted octanol–water partition coefficient (Wildman–Crippen LogP) is 4.19. The topological polar surface area (TPSA) is 52.0 Å². The van der Waals surface area contributed by atoms with Gasteiger partial charge in [0.2, 0.25) is 0 Å². The van der Waals surface area contributed by atoms with Gasteiger partial charge in [0.05, 0.1) is 0 Å². The Kier molecular flexibility index (Phi) is 18.2. The Hall–Kier alpha value is 0.620. The molecule has 110 valence electrons. The number of rotatable bonds is 15. The van der Waals surface area contributed by atoms with Crippen molar-refractivity contribution in [1.82, 2.24) is 0 Å². The van der Waals surface area contributed by atoms with E-state index in [1.54, 1.807) is 0 Å². The molecule has 0 heterocycles. The van der Waals surface area contributed by atoms with Crippen molar-refractivity contribution in [3.63, 3.8) is 0 Å². The number of unbranched alkanes of at least 4 members (excludes halogenated alkanes) is 9. The standard InChI is InChI=1S/C14H32N2S2/c15-11-9-7-5-3-1-2-4-6-8-10-13-17-18-14-12-16/h1-16H2. The fraction of sp³-hybridized carbons (Fsp3) is 1.00. The fourth-order valence-electron chi connectivity index (χ4n) is 1.89. The van der Waals surface area contributed by atoms with Crippen molar-refractivity contribution < 1.29 is 0 Å². The lowest BCUT2D eigenvalue weighted by molar-refractivity contribution is 0.559. The van der Waals surface area contributed by atoms with E-state index in [0.717, 1.165) is 18.8 Å². The van der Waals surface area contributed by atoms with Crippen LogP contribution in [0.25, 0.3) is 0 Å². The van der Waals surface area contributed by atoms with Gasteiger partial charge in [0.15, 0.2) is 0 Å². The predicted molar refractivity (Wildman–Crippen MR) is 89.2 cm³/mol. The minimum absolute atomic E-state index is 0.808. The average Bonchev–Trinajstić information content (AvgIpc) is 2.39. The summed E-state index contributed by atoms with van der Waals surface area (Å²) in [5.41, 5.74) is 10.9. The molecule has 0 amide bonds. The first kappa shape index (κ1) is 18.6. The van der Waals surface area contributed by atoms with E-state index in [0.29, 0.717) is 0 Å². The first-order chi connectivity index (χ1) is 8.91. The highest BCUT2D eigenvalue weighted by molar-refractivity contribution is 8.76. The minimum atomic E-state index is 0.808. The molecule has 0 aromatic heterocycles. The van der Waals surface area contributed by atoms with Crippen LogP contribution in [0.3, 0.4) is 0 Å². The number of nitrogens with two attached hydrogens (primary N) is 2. The van der Waals surface area contributed by atoms with Crippen LogP contribution in [-0.2, 0) is 0 Å². The summed E-state index contributed by atoms with van der Waals surface area (Å²) >= 11 is 0. The zero-order valence-corrected chi connectivity index (χ0v) is 13.5. The molecule has 0 unspecified atom stereocenters. The zero-order valence-electron chi connectivity index (χ0n) is 11.9. The van der Waals surface area contributed by atoms with Gasteiger partial charge in [-0.1, -0.05) is 73.0 Å². The summed E-state index contributed by atoms with van der Waals surface area (Å²) in [5, 5.41) is 0. The van der Waals surface area contributed by atoms with Crippen LogP contribution in [0.5, 0.6) is 0 Å². The molecule has 0 aromatic rings. The van der Waals surface area contributed by atoms with E-state index < -0.39 is 0 Å². The molecule has 4 heteroatoms. The SMILES string of the molecule is NCCCCCCCCCCCCSSCCN. The maximum Gasteiger partial charge on any atom is 0.0160 e. The normalized spacial score (nSPS) is 11.0. The number of hydrogen-bond donors (Lipinski definition) is 2. The lowest BCUT2D eigenvalue weighted by Gasteiger charge is -2.02. The van der Waals surface area contributed by atoms with Crippen LogP contribution in [0.1, 0.15) is 64.2 Å². The van der Waals surface area contributed by atoms with Crippen LogP contribution in [0, 0.1) is 0 Å². The molecule has 0 saturated heterocycles. The summed E-state index contributed by atoms with van der Waals surface area (Å²) in [6.07, 6.45) is 13.8. The molecule has 4 N–H and O–H groups in total. The van der Waals surface area contributed by atoms with E-state index in [9.17, 15) is 0 Å². The molecule has 0 aliphatic carbocycles. The van der Waals surface area contributed by atoms with Crippen LogP contribution in [0.4, 0.5) is 0 Å². The third kappa shape index (κ3) is 16.6. The van der Waals surface area contributed by atoms with Gasteiger partial charge in [-0.15, -0.1) is 0 Å². The molecule has 0 bridgehead atoms. The Morgan fingerprint density at radius 2 is 0.889 bits per heavy atom. The van der Waals surface area contributed by atoms with E-state index in [2.05, 4.69) is 0 Å². The van der Waals surface area contributed by atoms with Crippen molar-refractivity contribution in [2.75, 3.05) is 24.6 Å². The highest BCUT2D eigenvalue weighted by Crippen LogP contribution is 2.22. The fourth-order valence-corrected chi connectivity index (χ4v) is 3.89. The molecular weight excluding hydrogens is 260 g/mol. The van der Waals surface area contributed by atoms with Gasteiger partial charge in [-0.2, -0.15) is 0 Å². The Morgan fingerprint density at radius 3 is 1.39 bits per heavy atom. The Balaban J connectivity index is 2.86. The van der Waals surface area contributed by atoms with Crippen molar-refractivity contribution in [2.45, 2.75) is 64.2 Å². The molecule has 0 spiro atoms. The molecule has 0 radical (unpaired) electrons. The lowest BCUT2D eigenvalue weighted by atomic mass is 10.1. The second-order valence-electron chi connectivity index (χ2n) is 4.76. The summed E-state index contributed by atoms with van der Waals surface area (Å²) in [7, 11) is 3.90. The van der Waals surface area contributed by atoms with Crippen molar-refractivity contribution in [2.24, 2.45) is 11.5 Å². The van der Waals surface area contributed by atoms with Crippen LogP contribution < -0.4 is 11.5 Å². The van der Waals surface area contributed by atoms with Gasteiger partial charge in [0, 0.05) is 18.1 Å². The summed E-state index contributed by atoms with van der Waals surface area (Å²) in [6.45, 7) is 1.67. The average molecular weight is 293 g/mol. The molecule has 2 nitrogen and oxygen atoms in total. The molecule has 0 aliphatic rings. The van der Waals surface area contributed by atoms with Gasteiger partial charge >= 0.3 is 0 Å². The van der Waals surface area contributed by atoms with E-state index in [-0.39, 0.29) is 0 Å². The monoisotopic (exact) mass is 292 g/mol. The van der Waals surface area contributed by atoms with Gasteiger partial charge in [0.25, 0.3) is 0 Å². The van der Waals surface area contributed by atoms with Crippen molar-refractivity contribution >= 4 is 21.6 Å². The molecule has 0 aliphatic heterocycles. The first-order valence-corrected chi connectivity index (χ1v) is 10.0. The largest absolute Gasteiger partial charge is 0.330 e. The molecule has 0 aromatic carbocycles. The van der Waals surface area contributed by atoms with Gasteiger partial charge in [-0.05, 0) is 19.4 Å². The van der Waals surface area contributed by atoms with Crippen LogP contribution in [0.15, 0.2) is 0 Å². The molecule has 0 fully saturated rings. The van der Waals surface area contributed by atoms with Crippen LogP contribution in [-0.4, -0.2) is 24.6 Å². The second kappa shape index (κ2) is 17.6. The quantitative estimate of drug-likeness (QED) is 0.351. The Bertz CT molecular complexity index is 130. The summed E-state index contributed by atoms with van der Waals surface area (Å²) in [6, 6.07) is 0. The molecule has 0 rings (SSSR count). The van der Waals surface area contributed by atoms with Crippen molar-refractivity contribution in [1.29, 1.82) is 0 Å². The third-order valence-electron chi connectivity index (χ3n) is 2.97. The van der Waals surface area contributed by atoms with Crippen molar-refractivity contribution in [3.8, 4) is 0 Å². The van der Waals surface area contributed by atoms with E-state index in [1.807, 2.05) is 21.6 Å². The van der Waals surface area contributed by atoms with Gasteiger partial charge in [-0.3, -0.25) is 0 Å². The number of hydrogen-bond acceptors (Lipinski definition) is 4. The molecule has 0 atom stereocenters. The summed E-state index contributed by atoms with van der Waals surface area (Å²) in [4.78, 5) is 0. The maximum atomic E-state index is 5.47. The van der Waals surface area contributed by atoms with Crippen LogP contribution in [0.2, 0.25) is 0 Å². The van der Waals surface area contributed by atoms with E-state index >= 15 is 0 Å².